The molecule has 0 saturated carbocycles. The highest BCUT2D eigenvalue weighted by Crippen LogP contribution is 2.22. The Kier molecular flexibility index (Phi) is 3.36. The molecule has 1 aromatic heterocycles. The number of hydrogen-bond acceptors (Lipinski definition) is 2. The monoisotopic (exact) mass is 273 g/mol. The predicted molar refractivity (Wildman–Crippen MR) is 86.3 cm³/mol. The van der Waals surface area contributed by atoms with Crippen molar-refractivity contribution in [2.45, 2.75) is 6.92 Å². The summed E-state index contributed by atoms with van der Waals surface area (Å²) in [4.78, 5) is 16.8. The van der Waals surface area contributed by atoms with Crippen molar-refractivity contribution in [3.05, 3.63) is 84.1 Å². The van der Waals surface area contributed by atoms with Gasteiger partial charge in [0, 0.05) is 22.7 Å². The Balaban J connectivity index is 1.96. The van der Waals surface area contributed by atoms with E-state index in [4.69, 9.17) is 0 Å². The molecule has 0 bridgehead atoms. The molecular formula is C19H15NO. The molecule has 0 N–H and O–H groups in total. The van der Waals surface area contributed by atoms with E-state index in [1.807, 2.05) is 61.5 Å². The van der Waals surface area contributed by atoms with Crippen molar-refractivity contribution >= 4 is 22.3 Å². The normalized spacial score (nSPS) is 10.5. The number of aryl methyl sites for hydroxylation is 1. The topological polar surface area (TPSA) is 30.0 Å². The zero-order valence-corrected chi connectivity index (χ0v) is 11.8. The smallest absolute Gasteiger partial charge is 0.193 e. The summed E-state index contributed by atoms with van der Waals surface area (Å²) in [5.41, 5.74) is 4.05. The first-order chi connectivity index (χ1) is 10.1. The zero-order chi connectivity index (χ0) is 14.8. The molecule has 0 aliphatic heterocycles. The van der Waals surface area contributed by atoms with Gasteiger partial charge in [0.05, 0.1) is 5.52 Å². The number of carbonyl (C=O) groups is 1. The third-order valence-corrected chi connectivity index (χ3v) is 3.54. The van der Waals surface area contributed by atoms with Crippen molar-refractivity contribution in [3.63, 3.8) is 0 Å². The van der Waals surface area contributed by atoms with Gasteiger partial charge in [-0.15, -0.1) is 0 Å². The first kappa shape index (κ1) is 13.3. The molecule has 0 aliphatic carbocycles. The van der Waals surface area contributed by atoms with Gasteiger partial charge in [-0.3, -0.25) is 9.78 Å². The minimum Gasteiger partial charge on any atom is -0.289 e. The van der Waals surface area contributed by atoms with E-state index in [9.17, 15) is 4.79 Å². The van der Waals surface area contributed by atoms with Crippen LogP contribution in [0.15, 0.2) is 67.4 Å². The minimum atomic E-state index is -0.0433. The Hall–Kier alpha value is -2.74. The maximum Gasteiger partial charge on any atom is 0.193 e. The van der Waals surface area contributed by atoms with Gasteiger partial charge in [0.15, 0.2) is 5.78 Å². The molecule has 2 aromatic carbocycles. The second-order valence-corrected chi connectivity index (χ2v) is 5.08. The summed E-state index contributed by atoms with van der Waals surface area (Å²) >= 11 is 0. The average molecular weight is 273 g/mol. The van der Waals surface area contributed by atoms with Crippen LogP contribution >= 0.6 is 0 Å². The molecule has 21 heavy (non-hydrogen) atoms. The molecule has 0 amide bonds. The number of allylic oxidation sites excluding steroid dienone is 1. The number of hydrogen-bond donors (Lipinski definition) is 0. The molecule has 2 nitrogen and oxygen atoms in total. The van der Waals surface area contributed by atoms with E-state index in [2.05, 4.69) is 11.6 Å². The Morgan fingerprint density at radius 2 is 1.71 bits per heavy atom. The first-order valence-corrected chi connectivity index (χ1v) is 6.80. The zero-order valence-electron chi connectivity index (χ0n) is 11.8. The summed E-state index contributed by atoms with van der Waals surface area (Å²) < 4.78 is 0. The Bertz CT molecular complexity index is 832. The first-order valence-electron chi connectivity index (χ1n) is 6.80. The van der Waals surface area contributed by atoms with Crippen LogP contribution < -0.4 is 0 Å². The van der Waals surface area contributed by atoms with Gasteiger partial charge >= 0.3 is 0 Å². The summed E-state index contributed by atoms with van der Waals surface area (Å²) in [6.07, 6.45) is 1.76. The van der Waals surface area contributed by atoms with E-state index in [-0.39, 0.29) is 5.78 Å². The molecule has 0 unspecified atom stereocenters. The van der Waals surface area contributed by atoms with E-state index in [1.54, 1.807) is 6.20 Å². The molecule has 0 fully saturated rings. The average Bonchev–Trinajstić information content (AvgIpc) is 2.54. The maximum atomic E-state index is 12.5. The largest absolute Gasteiger partial charge is 0.289 e. The lowest BCUT2D eigenvalue weighted by Crippen LogP contribution is -2.01. The molecule has 0 radical (unpaired) electrons. The second-order valence-electron chi connectivity index (χ2n) is 5.08. The Labute approximate surface area is 123 Å². The van der Waals surface area contributed by atoms with Crippen LogP contribution in [0.2, 0.25) is 0 Å². The van der Waals surface area contributed by atoms with E-state index >= 15 is 0 Å². The van der Waals surface area contributed by atoms with Crippen molar-refractivity contribution in [3.8, 4) is 0 Å². The summed E-state index contributed by atoms with van der Waals surface area (Å²) in [6.45, 7) is 5.96. The molecular weight excluding hydrogens is 258 g/mol. The van der Waals surface area contributed by atoms with E-state index in [1.165, 1.54) is 0 Å². The lowest BCUT2D eigenvalue weighted by molar-refractivity contribution is 0.105. The fourth-order valence-corrected chi connectivity index (χ4v) is 2.27. The van der Waals surface area contributed by atoms with Gasteiger partial charge in [-0.05, 0) is 30.7 Å². The number of aromatic nitrogens is 1. The fourth-order valence-electron chi connectivity index (χ4n) is 2.27. The van der Waals surface area contributed by atoms with Crippen LogP contribution in [-0.2, 0) is 0 Å². The third kappa shape index (κ3) is 2.61. The number of nitrogens with zero attached hydrogens (tertiary/aromatic N) is 1. The molecule has 3 aromatic rings. The van der Waals surface area contributed by atoms with Crippen LogP contribution in [0.5, 0.6) is 0 Å². The van der Waals surface area contributed by atoms with Gasteiger partial charge < -0.3 is 0 Å². The van der Waals surface area contributed by atoms with Gasteiger partial charge in [-0.25, -0.2) is 0 Å². The van der Waals surface area contributed by atoms with Crippen molar-refractivity contribution in [1.29, 1.82) is 0 Å². The van der Waals surface area contributed by atoms with Crippen molar-refractivity contribution in [2.24, 2.45) is 0 Å². The van der Waals surface area contributed by atoms with Gasteiger partial charge in [0.2, 0.25) is 0 Å². The predicted octanol–water partition coefficient (Wildman–Crippen LogP) is 4.44. The number of fused-ring (bicyclic) bond motifs is 1. The summed E-state index contributed by atoms with van der Waals surface area (Å²) in [7, 11) is 0. The number of pyridine rings is 1. The van der Waals surface area contributed by atoms with Crippen LogP contribution in [0.4, 0.5) is 0 Å². The number of Topliss-reactive ketones (excluding diaryl/α,β-unsaturated/α-hetero) is 1. The van der Waals surface area contributed by atoms with Gasteiger partial charge in [0.1, 0.15) is 0 Å². The number of carbonyl (C=O) groups excluding carboxylic acids is 1. The molecule has 3 rings (SSSR count). The molecule has 102 valence electrons. The van der Waals surface area contributed by atoms with Crippen LogP contribution in [0.3, 0.4) is 0 Å². The molecule has 0 atom stereocenters. The molecule has 0 saturated heterocycles. The van der Waals surface area contributed by atoms with Crippen molar-refractivity contribution in [2.75, 3.05) is 0 Å². The van der Waals surface area contributed by atoms with Gasteiger partial charge in [-0.1, -0.05) is 48.5 Å². The summed E-state index contributed by atoms with van der Waals surface area (Å²) in [6, 6.07) is 17.2. The highest BCUT2D eigenvalue weighted by molar-refractivity contribution is 6.28. The molecule has 0 spiro atoms. The fraction of sp³-hybridized carbons (Fsp3) is 0.0526. The number of rotatable bonds is 3. The van der Waals surface area contributed by atoms with Crippen LogP contribution in [0.1, 0.15) is 21.5 Å². The quantitative estimate of drug-likeness (QED) is 0.521. The van der Waals surface area contributed by atoms with Crippen LogP contribution in [-0.4, -0.2) is 10.8 Å². The van der Waals surface area contributed by atoms with Crippen LogP contribution in [0.25, 0.3) is 16.5 Å². The van der Waals surface area contributed by atoms with E-state index in [0.29, 0.717) is 11.1 Å². The summed E-state index contributed by atoms with van der Waals surface area (Å²) in [5.74, 6) is -0.0433. The SMILES string of the molecule is C=C(C(=O)c1ccc(C)cc1)c1ccc2ncccc2c1. The minimum absolute atomic E-state index is 0.0433. The van der Waals surface area contributed by atoms with E-state index < -0.39 is 0 Å². The number of benzene rings is 2. The Morgan fingerprint density at radius 3 is 2.48 bits per heavy atom. The standard InChI is InChI=1S/C19H15NO/c1-13-5-7-15(8-6-13)19(21)14(2)16-9-10-18-17(12-16)4-3-11-20-18/h3-12H,2H2,1H3. The molecule has 1 heterocycles. The van der Waals surface area contributed by atoms with E-state index in [0.717, 1.165) is 22.0 Å². The summed E-state index contributed by atoms with van der Waals surface area (Å²) in [5, 5.41) is 1.01. The Morgan fingerprint density at radius 1 is 1.00 bits per heavy atom. The highest BCUT2D eigenvalue weighted by Gasteiger charge is 2.12. The maximum absolute atomic E-state index is 12.5. The van der Waals surface area contributed by atoms with Gasteiger partial charge in [-0.2, -0.15) is 0 Å². The molecule has 0 aliphatic rings. The lowest BCUT2D eigenvalue weighted by Gasteiger charge is -2.07. The van der Waals surface area contributed by atoms with Gasteiger partial charge in [0.25, 0.3) is 0 Å². The highest BCUT2D eigenvalue weighted by atomic mass is 16.1. The second kappa shape index (κ2) is 5.33. The molecule has 2 heteroatoms. The third-order valence-electron chi connectivity index (χ3n) is 3.54. The van der Waals surface area contributed by atoms with Crippen LogP contribution in [0, 0.1) is 6.92 Å². The van der Waals surface area contributed by atoms with Crippen molar-refractivity contribution in [1.82, 2.24) is 4.98 Å². The lowest BCUT2D eigenvalue weighted by atomic mass is 9.96. The van der Waals surface area contributed by atoms with Crippen molar-refractivity contribution < 1.29 is 4.79 Å². The number of ketones is 1.